The average molecular weight is 498 g/mol. The molecule has 2 aromatic rings. The molecule has 2 fully saturated rings. The number of carbonyl (C=O) groups is 1. The highest BCUT2D eigenvalue weighted by molar-refractivity contribution is 7.89. The van der Waals surface area contributed by atoms with E-state index in [-0.39, 0.29) is 39.6 Å². The predicted molar refractivity (Wildman–Crippen MR) is 124 cm³/mol. The molecule has 172 valence electrons. The number of ether oxygens (including phenoxy) is 1. The molecule has 1 N–H and O–H groups in total. The predicted octanol–water partition coefficient (Wildman–Crippen LogP) is 3.02. The molecule has 4 rings (SSSR count). The van der Waals surface area contributed by atoms with Gasteiger partial charge in [-0.1, -0.05) is 53.5 Å². The molecule has 2 saturated heterocycles. The van der Waals surface area contributed by atoms with E-state index in [4.69, 9.17) is 27.9 Å². The Morgan fingerprint density at radius 1 is 1.06 bits per heavy atom. The molecule has 0 bridgehead atoms. The number of hydrogen-bond acceptors (Lipinski definition) is 5. The summed E-state index contributed by atoms with van der Waals surface area (Å²) >= 11 is 12.5. The summed E-state index contributed by atoms with van der Waals surface area (Å²) in [6.07, 6.45) is 0.808. The van der Waals surface area contributed by atoms with Crippen molar-refractivity contribution in [1.82, 2.24) is 14.5 Å². The summed E-state index contributed by atoms with van der Waals surface area (Å²) in [6, 6.07) is 12.7. The molecule has 2 aliphatic heterocycles. The third-order valence-electron chi connectivity index (χ3n) is 5.71. The minimum Gasteiger partial charge on any atom is -0.379 e. The monoisotopic (exact) mass is 497 g/mol. The summed E-state index contributed by atoms with van der Waals surface area (Å²) in [5.41, 5.74) is 1.32. The lowest BCUT2D eigenvalue weighted by Crippen LogP contribution is -2.41. The van der Waals surface area contributed by atoms with Crippen molar-refractivity contribution in [3.05, 3.63) is 63.6 Å². The number of sulfonamides is 1. The molecule has 1 unspecified atom stereocenters. The number of rotatable bonds is 6. The second kappa shape index (κ2) is 10.1. The number of nitrogens with one attached hydrogen (secondary N) is 1. The average Bonchev–Trinajstić information content (AvgIpc) is 3.21. The normalized spacial score (nSPS) is 20.4. The fourth-order valence-electron chi connectivity index (χ4n) is 4.03. The Hall–Kier alpha value is -1.68. The minimum absolute atomic E-state index is 0.00653. The van der Waals surface area contributed by atoms with Crippen LogP contribution in [0.15, 0.2) is 47.4 Å². The van der Waals surface area contributed by atoms with Crippen molar-refractivity contribution < 1.29 is 17.9 Å². The number of nitrogens with zero attached hydrogens (tertiary/aromatic N) is 2. The molecular weight excluding hydrogens is 473 g/mol. The molecule has 32 heavy (non-hydrogen) atoms. The van der Waals surface area contributed by atoms with Crippen LogP contribution >= 0.6 is 23.2 Å². The van der Waals surface area contributed by atoms with Crippen molar-refractivity contribution in [3.8, 4) is 0 Å². The number of carbonyl (C=O) groups excluding carboxylic acids is 1. The Bertz CT molecular complexity index is 1080. The van der Waals surface area contributed by atoms with Crippen LogP contribution in [0.5, 0.6) is 0 Å². The Morgan fingerprint density at radius 3 is 2.50 bits per heavy atom. The molecule has 0 saturated carbocycles. The van der Waals surface area contributed by atoms with Gasteiger partial charge in [0.05, 0.1) is 28.8 Å². The van der Waals surface area contributed by atoms with Gasteiger partial charge in [0.2, 0.25) is 10.0 Å². The highest BCUT2D eigenvalue weighted by Crippen LogP contribution is 2.31. The number of halogens is 2. The van der Waals surface area contributed by atoms with E-state index >= 15 is 0 Å². The van der Waals surface area contributed by atoms with Gasteiger partial charge in [-0.15, -0.1) is 0 Å². The van der Waals surface area contributed by atoms with Crippen LogP contribution < -0.4 is 5.32 Å². The van der Waals surface area contributed by atoms with Crippen LogP contribution in [-0.2, 0) is 21.3 Å². The van der Waals surface area contributed by atoms with Crippen LogP contribution in [0, 0.1) is 0 Å². The second-order valence-corrected chi connectivity index (χ2v) is 10.7. The third-order valence-corrected chi connectivity index (χ3v) is 8.39. The molecule has 0 spiro atoms. The molecule has 0 radical (unpaired) electrons. The van der Waals surface area contributed by atoms with E-state index in [0.717, 1.165) is 19.5 Å². The number of likely N-dealkylation sites (tertiary alicyclic amines) is 1. The maximum atomic E-state index is 13.1. The van der Waals surface area contributed by atoms with Gasteiger partial charge < -0.3 is 10.1 Å². The van der Waals surface area contributed by atoms with Gasteiger partial charge >= 0.3 is 0 Å². The van der Waals surface area contributed by atoms with Crippen LogP contribution in [0.2, 0.25) is 10.0 Å². The lowest BCUT2D eigenvalue weighted by Gasteiger charge is -2.26. The fraction of sp³-hybridized carbons (Fsp3) is 0.409. The van der Waals surface area contributed by atoms with E-state index < -0.39 is 15.9 Å². The van der Waals surface area contributed by atoms with Crippen LogP contribution in [0.3, 0.4) is 0 Å². The molecule has 2 aromatic carbocycles. The summed E-state index contributed by atoms with van der Waals surface area (Å²) < 4.78 is 32.7. The van der Waals surface area contributed by atoms with Crippen LogP contribution in [-0.4, -0.2) is 69.0 Å². The molecule has 0 aromatic heterocycles. The van der Waals surface area contributed by atoms with E-state index in [9.17, 15) is 13.2 Å². The summed E-state index contributed by atoms with van der Waals surface area (Å²) in [6.45, 7) is 3.51. The summed E-state index contributed by atoms with van der Waals surface area (Å²) in [5, 5.41) is 3.10. The maximum Gasteiger partial charge on any atom is 0.253 e. The molecule has 7 nitrogen and oxygen atoms in total. The van der Waals surface area contributed by atoms with Gasteiger partial charge in [-0.25, -0.2) is 8.42 Å². The van der Waals surface area contributed by atoms with Gasteiger partial charge in [0.25, 0.3) is 5.91 Å². The first-order chi connectivity index (χ1) is 15.3. The molecule has 10 heteroatoms. The van der Waals surface area contributed by atoms with Crippen LogP contribution in [0.1, 0.15) is 22.3 Å². The first kappa shape index (κ1) is 23.5. The van der Waals surface area contributed by atoms with Gasteiger partial charge in [-0.05, 0) is 24.1 Å². The summed E-state index contributed by atoms with van der Waals surface area (Å²) in [4.78, 5) is 15.1. The van der Waals surface area contributed by atoms with Crippen molar-refractivity contribution >= 4 is 39.1 Å². The van der Waals surface area contributed by atoms with Crippen LogP contribution in [0.4, 0.5) is 0 Å². The first-order valence-electron chi connectivity index (χ1n) is 10.5. The maximum absolute atomic E-state index is 13.1. The zero-order chi connectivity index (χ0) is 22.7. The van der Waals surface area contributed by atoms with Gasteiger partial charge in [0.15, 0.2) is 0 Å². The van der Waals surface area contributed by atoms with Crippen LogP contribution in [0.25, 0.3) is 0 Å². The largest absolute Gasteiger partial charge is 0.379 e. The highest BCUT2D eigenvalue weighted by atomic mass is 35.5. The first-order valence-corrected chi connectivity index (χ1v) is 12.7. The SMILES string of the molecule is O=C(NC1CCN(Cc2ccccc2)C1)c1cc(S(=O)(=O)N2CCOCC2)c(Cl)cc1Cl. The van der Waals surface area contributed by atoms with Gasteiger partial charge in [0, 0.05) is 38.8 Å². The van der Waals surface area contributed by atoms with Gasteiger partial charge in [-0.3, -0.25) is 9.69 Å². The topological polar surface area (TPSA) is 79.0 Å². The Labute approximate surface area is 198 Å². The summed E-state index contributed by atoms with van der Waals surface area (Å²) in [5.74, 6) is -0.406. The third kappa shape index (κ3) is 5.27. The van der Waals surface area contributed by atoms with Crippen molar-refractivity contribution in [3.63, 3.8) is 0 Å². The number of hydrogen-bond donors (Lipinski definition) is 1. The number of morpholine rings is 1. The second-order valence-electron chi connectivity index (χ2n) is 7.96. The zero-order valence-electron chi connectivity index (χ0n) is 17.5. The van der Waals surface area contributed by atoms with Crippen molar-refractivity contribution in [1.29, 1.82) is 0 Å². The molecule has 1 amide bonds. The van der Waals surface area contributed by atoms with E-state index in [1.54, 1.807) is 0 Å². The smallest absolute Gasteiger partial charge is 0.253 e. The van der Waals surface area contributed by atoms with Gasteiger partial charge in [-0.2, -0.15) is 4.31 Å². The van der Waals surface area contributed by atoms with E-state index in [2.05, 4.69) is 22.3 Å². The van der Waals surface area contributed by atoms with Crippen molar-refractivity contribution in [2.24, 2.45) is 0 Å². The Morgan fingerprint density at radius 2 is 1.78 bits per heavy atom. The lowest BCUT2D eigenvalue weighted by molar-refractivity contribution is 0.0730. The van der Waals surface area contributed by atoms with E-state index in [0.29, 0.717) is 19.8 Å². The number of amides is 1. The van der Waals surface area contributed by atoms with Crippen molar-refractivity contribution in [2.75, 3.05) is 39.4 Å². The van der Waals surface area contributed by atoms with E-state index in [1.165, 1.54) is 22.0 Å². The molecule has 2 aliphatic rings. The minimum atomic E-state index is -3.86. The molecular formula is C22H25Cl2N3O4S. The quantitative estimate of drug-likeness (QED) is 0.663. The molecule has 2 heterocycles. The summed E-state index contributed by atoms with van der Waals surface area (Å²) in [7, 11) is -3.86. The lowest BCUT2D eigenvalue weighted by atomic mass is 10.2. The molecule has 0 aliphatic carbocycles. The standard InChI is InChI=1S/C22H25Cl2N3O4S/c23-19-13-20(24)21(32(29,30)27-8-10-31-11-9-27)12-18(19)22(28)25-17-6-7-26(15-17)14-16-4-2-1-3-5-16/h1-5,12-13,17H,6-11,14-15H2,(H,25,28). The fourth-order valence-corrected chi connectivity index (χ4v) is 6.27. The van der Waals surface area contributed by atoms with E-state index in [1.807, 2.05) is 18.2 Å². The van der Waals surface area contributed by atoms with Gasteiger partial charge in [0.1, 0.15) is 4.90 Å². The molecule has 1 atom stereocenters. The highest BCUT2D eigenvalue weighted by Gasteiger charge is 2.31. The Balaban J connectivity index is 1.46. The Kier molecular flexibility index (Phi) is 7.39. The number of benzene rings is 2. The van der Waals surface area contributed by atoms with Crippen molar-refractivity contribution in [2.45, 2.75) is 23.9 Å². The zero-order valence-corrected chi connectivity index (χ0v) is 19.8.